The molecule has 0 amide bonds. The van der Waals surface area contributed by atoms with Crippen LogP contribution in [0, 0.1) is 0 Å². The third-order valence-corrected chi connectivity index (χ3v) is 12.6. The minimum Gasteiger partial charge on any atom is -0.388 e. The van der Waals surface area contributed by atoms with E-state index in [1.54, 1.807) is 0 Å². The summed E-state index contributed by atoms with van der Waals surface area (Å²) < 4.78 is 24.8. The van der Waals surface area contributed by atoms with E-state index in [-0.39, 0.29) is 13.2 Å². The topological polar surface area (TPSA) is 77.4 Å². The monoisotopic (exact) mass is 867 g/mol. The molecule has 358 valence electrons. The molecule has 4 atom stereocenters. The van der Waals surface area contributed by atoms with Gasteiger partial charge in [-0.25, -0.2) is 0 Å². The van der Waals surface area contributed by atoms with Crippen molar-refractivity contribution in [2.75, 3.05) is 26.4 Å². The lowest BCUT2D eigenvalue weighted by molar-refractivity contribution is -0.168. The van der Waals surface area contributed by atoms with E-state index < -0.39 is 24.4 Å². The normalized spacial score (nSPS) is 13.7. The van der Waals surface area contributed by atoms with Gasteiger partial charge in [0.1, 0.15) is 24.4 Å². The number of ether oxygens (including phenoxy) is 4. The predicted molar refractivity (Wildman–Crippen MR) is 263 cm³/mol. The molecule has 0 unspecified atom stereocenters. The fraction of sp³-hybridized carbons (Fsp3) is 0.786. The van der Waals surface area contributed by atoms with Crippen molar-refractivity contribution >= 4 is 0 Å². The van der Waals surface area contributed by atoms with E-state index in [0.717, 1.165) is 36.8 Å². The SMILES string of the molecule is CCCCCCCCCCCCCCCCCCOC[C@@H](OCc1ccccc1)[C@@H](O)[C@H](O)[C@@H](COCCCCCCCCCCCCCCCCCC)OCc1ccccc1. The Morgan fingerprint density at radius 3 is 0.839 bits per heavy atom. The summed E-state index contributed by atoms with van der Waals surface area (Å²) in [6, 6.07) is 19.9. The Hall–Kier alpha value is -1.80. The zero-order valence-electron chi connectivity index (χ0n) is 40.5. The third-order valence-electron chi connectivity index (χ3n) is 12.6. The second-order valence-electron chi connectivity index (χ2n) is 18.4. The molecule has 62 heavy (non-hydrogen) atoms. The van der Waals surface area contributed by atoms with E-state index in [1.165, 1.54) is 180 Å². The Bertz CT molecular complexity index is 1070. The van der Waals surface area contributed by atoms with Crippen molar-refractivity contribution in [3.63, 3.8) is 0 Å². The molecule has 0 aliphatic heterocycles. The highest BCUT2D eigenvalue weighted by Gasteiger charge is 2.34. The van der Waals surface area contributed by atoms with Gasteiger partial charge in [0.05, 0.1) is 26.4 Å². The van der Waals surface area contributed by atoms with Crippen LogP contribution in [-0.2, 0) is 32.2 Å². The van der Waals surface area contributed by atoms with Gasteiger partial charge in [-0.05, 0) is 24.0 Å². The average Bonchev–Trinajstić information content (AvgIpc) is 3.30. The summed E-state index contributed by atoms with van der Waals surface area (Å²) in [7, 11) is 0. The maximum absolute atomic E-state index is 11.6. The van der Waals surface area contributed by atoms with Crippen LogP contribution in [0.15, 0.2) is 60.7 Å². The van der Waals surface area contributed by atoms with Gasteiger partial charge >= 0.3 is 0 Å². The van der Waals surface area contributed by atoms with E-state index in [2.05, 4.69) is 13.8 Å². The van der Waals surface area contributed by atoms with Crippen molar-refractivity contribution in [1.29, 1.82) is 0 Å². The van der Waals surface area contributed by atoms with Crippen LogP contribution in [0.3, 0.4) is 0 Å². The molecule has 0 saturated heterocycles. The van der Waals surface area contributed by atoms with Gasteiger partial charge in [-0.1, -0.05) is 267 Å². The molecule has 0 bridgehead atoms. The van der Waals surface area contributed by atoms with Crippen LogP contribution >= 0.6 is 0 Å². The summed E-state index contributed by atoms with van der Waals surface area (Å²) in [5.41, 5.74) is 2.02. The number of aliphatic hydroxyl groups is 2. The van der Waals surface area contributed by atoms with Crippen molar-refractivity contribution in [2.24, 2.45) is 0 Å². The molecule has 2 aromatic carbocycles. The van der Waals surface area contributed by atoms with Crippen molar-refractivity contribution in [3.05, 3.63) is 71.8 Å². The van der Waals surface area contributed by atoms with E-state index in [1.807, 2.05) is 60.7 Å². The molecule has 2 aromatic rings. The fourth-order valence-corrected chi connectivity index (χ4v) is 8.39. The molecule has 2 rings (SSSR count). The van der Waals surface area contributed by atoms with Crippen LogP contribution in [0.4, 0.5) is 0 Å². The van der Waals surface area contributed by atoms with Gasteiger partial charge < -0.3 is 29.2 Å². The number of hydrogen-bond acceptors (Lipinski definition) is 6. The standard InChI is InChI=1S/C56H98O6/c1-3-5-7-9-11-13-15-17-19-21-23-25-27-29-31-39-45-59-49-53(61-47-51-41-35-33-36-42-51)55(57)56(58)54(62-48-52-43-37-34-38-44-52)50-60-46-40-32-30-28-26-24-22-20-18-16-14-12-10-8-6-4-2/h33-38,41-44,53-58H,3-32,39-40,45-50H2,1-2H3/t53-,54-,55-,56-/m1/s1. The van der Waals surface area contributed by atoms with E-state index >= 15 is 0 Å². The second-order valence-corrected chi connectivity index (χ2v) is 18.4. The van der Waals surface area contributed by atoms with Gasteiger partial charge in [-0.2, -0.15) is 0 Å². The lowest BCUT2D eigenvalue weighted by atomic mass is 10.0. The quantitative estimate of drug-likeness (QED) is 0.0646. The Kier molecular flexibility index (Phi) is 39.2. The summed E-state index contributed by atoms with van der Waals surface area (Å²) in [6.45, 7) is 6.85. The van der Waals surface area contributed by atoms with Gasteiger partial charge in [-0.3, -0.25) is 0 Å². The van der Waals surface area contributed by atoms with Crippen LogP contribution in [0.2, 0.25) is 0 Å². The summed E-state index contributed by atoms with van der Waals surface area (Å²) in [5, 5.41) is 23.3. The molecule has 6 heteroatoms. The molecule has 0 spiro atoms. The van der Waals surface area contributed by atoms with Gasteiger partial charge in [-0.15, -0.1) is 0 Å². The predicted octanol–water partition coefficient (Wildman–Crippen LogP) is 15.4. The molecule has 0 saturated carbocycles. The first-order valence-electron chi connectivity index (χ1n) is 26.5. The Balaban J connectivity index is 1.69. The average molecular weight is 867 g/mol. The van der Waals surface area contributed by atoms with E-state index in [0.29, 0.717) is 26.4 Å². The van der Waals surface area contributed by atoms with Crippen LogP contribution < -0.4 is 0 Å². The van der Waals surface area contributed by atoms with Gasteiger partial charge in [0.2, 0.25) is 0 Å². The van der Waals surface area contributed by atoms with Gasteiger partial charge in [0, 0.05) is 13.2 Å². The van der Waals surface area contributed by atoms with Crippen molar-refractivity contribution in [1.82, 2.24) is 0 Å². The van der Waals surface area contributed by atoms with Crippen LogP contribution in [0.5, 0.6) is 0 Å². The number of unbranched alkanes of at least 4 members (excludes halogenated alkanes) is 30. The zero-order chi connectivity index (χ0) is 44.2. The lowest BCUT2D eigenvalue weighted by Crippen LogP contribution is -2.49. The highest BCUT2D eigenvalue weighted by molar-refractivity contribution is 5.14. The largest absolute Gasteiger partial charge is 0.388 e. The van der Waals surface area contributed by atoms with Crippen LogP contribution in [0.25, 0.3) is 0 Å². The Morgan fingerprint density at radius 2 is 0.581 bits per heavy atom. The second kappa shape index (κ2) is 43.1. The number of rotatable bonds is 47. The molecular weight excluding hydrogens is 769 g/mol. The molecule has 0 aromatic heterocycles. The lowest BCUT2D eigenvalue weighted by Gasteiger charge is -2.32. The Morgan fingerprint density at radius 1 is 0.339 bits per heavy atom. The molecule has 0 fully saturated rings. The van der Waals surface area contributed by atoms with Crippen LogP contribution in [-0.4, -0.2) is 61.1 Å². The van der Waals surface area contributed by atoms with Crippen molar-refractivity contribution in [3.8, 4) is 0 Å². The molecular formula is C56H98O6. The maximum Gasteiger partial charge on any atom is 0.111 e. The first kappa shape index (κ1) is 56.3. The summed E-state index contributed by atoms with van der Waals surface area (Å²) in [5.74, 6) is 0. The third kappa shape index (κ3) is 32.8. The smallest absolute Gasteiger partial charge is 0.111 e. The highest BCUT2D eigenvalue weighted by Crippen LogP contribution is 2.19. The van der Waals surface area contributed by atoms with Crippen molar-refractivity contribution in [2.45, 2.75) is 257 Å². The number of benzene rings is 2. The number of aliphatic hydroxyl groups excluding tert-OH is 2. The minimum atomic E-state index is -1.20. The maximum atomic E-state index is 11.6. The summed E-state index contributed by atoms with van der Waals surface area (Å²) in [6.07, 6.45) is 38.8. The van der Waals surface area contributed by atoms with Gasteiger partial charge in [0.15, 0.2) is 0 Å². The highest BCUT2D eigenvalue weighted by atomic mass is 16.6. The van der Waals surface area contributed by atoms with Crippen molar-refractivity contribution < 1.29 is 29.2 Å². The minimum absolute atomic E-state index is 0.204. The van der Waals surface area contributed by atoms with E-state index in [9.17, 15) is 10.2 Å². The first-order chi connectivity index (χ1) is 30.7. The molecule has 0 aliphatic rings. The Labute approximate surface area is 383 Å². The summed E-state index contributed by atoms with van der Waals surface area (Å²) >= 11 is 0. The molecule has 6 nitrogen and oxygen atoms in total. The molecule has 0 radical (unpaired) electrons. The number of hydrogen-bond donors (Lipinski definition) is 2. The van der Waals surface area contributed by atoms with E-state index in [4.69, 9.17) is 18.9 Å². The first-order valence-corrected chi connectivity index (χ1v) is 26.5. The zero-order valence-corrected chi connectivity index (χ0v) is 40.5. The summed E-state index contributed by atoms with van der Waals surface area (Å²) in [4.78, 5) is 0. The molecule has 0 aliphatic carbocycles. The molecule has 2 N–H and O–H groups in total. The fourth-order valence-electron chi connectivity index (χ4n) is 8.39. The van der Waals surface area contributed by atoms with Gasteiger partial charge in [0.25, 0.3) is 0 Å². The van der Waals surface area contributed by atoms with Crippen LogP contribution in [0.1, 0.15) is 230 Å². The molecule has 0 heterocycles.